The van der Waals surface area contributed by atoms with Crippen molar-refractivity contribution in [3.63, 3.8) is 0 Å². The first-order valence-corrected chi connectivity index (χ1v) is 9.48. The third-order valence-corrected chi connectivity index (χ3v) is 4.85. The Hall–Kier alpha value is -3.45. The summed E-state index contributed by atoms with van der Waals surface area (Å²) in [6.07, 6.45) is 3.27. The van der Waals surface area contributed by atoms with Gasteiger partial charge in [-0.3, -0.25) is 9.78 Å². The van der Waals surface area contributed by atoms with Gasteiger partial charge in [-0.1, -0.05) is 48.5 Å². The molecule has 1 heterocycles. The third-order valence-electron chi connectivity index (χ3n) is 4.85. The summed E-state index contributed by atoms with van der Waals surface area (Å²) >= 11 is 0. The van der Waals surface area contributed by atoms with Gasteiger partial charge in [0.15, 0.2) is 0 Å². The van der Waals surface area contributed by atoms with Gasteiger partial charge >= 0.3 is 29.6 Å². The van der Waals surface area contributed by atoms with Gasteiger partial charge in [-0.05, 0) is 52.6 Å². The molecular weight excluding hydrogens is 415 g/mol. The summed E-state index contributed by atoms with van der Waals surface area (Å²) in [5.74, 6) is -2.26. The van der Waals surface area contributed by atoms with E-state index in [9.17, 15) is 19.8 Å². The normalized spacial score (nSPS) is 10.1. The molecule has 7 heteroatoms. The average molecular weight is 432 g/mol. The molecule has 0 atom stereocenters. The van der Waals surface area contributed by atoms with Gasteiger partial charge in [0, 0.05) is 18.0 Å². The maximum Gasteiger partial charge on any atom is 1.00 e. The van der Waals surface area contributed by atoms with Crippen LogP contribution in [0.2, 0.25) is 0 Å². The van der Waals surface area contributed by atoms with E-state index >= 15 is 0 Å². The second-order valence-corrected chi connectivity index (χ2v) is 6.84. The molecule has 152 valence electrons. The second kappa shape index (κ2) is 10.2. The van der Waals surface area contributed by atoms with Crippen molar-refractivity contribution in [2.45, 2.75) is 0 Å². The third kappa shape index (κ3) is 5.06. The number of anilines is 1. The molecule has 6 nitrogen and oxygen atoms in total. The van der Waals surface area contributed by atoms with Gasteiger partial charge in [0.05, 0.1) is 17.2 Å². The summed E-state index contributed by atoms with van der Waals surface area (Å²) in [6.45, 7) is 0. The number of carboxylic acids is 1. The quantitative estimate of drug-likeness (QED) is 0.453. The Morgan fingerprint density at radius 3 is 1.97 bits per heavy atom. The zero-order valence-electron chi connectivity index (χ0n) is 17.3. The van der Waals surface area contributed by atoms with E-state index in [0.717, 1.165) is 22.3 Å². The Kier molecular flexibility index (Phi) is 7.43. The minimum Gasteiger partial charge on any atom is -0.545 e. The zero-order valence-corrected chi connectivity index (χ0v) is 19.3. The van der Waals surface area contributed by atoms with Gasteiger partial charge in [0.1, 0.15) is 5.75 Å². The summed E-state index contributed by atoms with van der Waals surface area (Å²) in [4.78, 5) is 28.3. The molecule has 1 amide bonds. The number of pyridine rings is 1. The number of aromatic carboxylic acids is 1. The maximum absolute atomic E-state index is 12.8. The second-order valence-electron chi connectivity index (χ2n) is 6.84. The Bertz CT molecular complexity index is 1260. The van der Waals surface area contributed by atoms with Gasteiger partial charge in [-0.15, -0.1) is 0 Å². The van der Waals surface area contributed by atoms with Crippen LogP contribution in [0.25, 0.3) is 22.3 Å². The zero-order chi connectivity index (χ0) is 21.8. The van der Waals surface area contributed by atoms with Gasteiger partial charge in [-0.2, -0.15) is 0 Å². The summed E-state index contributed by atoms with van der Waals surface area (Å²) in [7, 11) is 0. The standard InChI is InChI=1S/C25H18N2O4.Na/c28-23-15-19(17-10-12-26-13-11-17)7-9-21(23)24(29)27-22-14-18(6-8-20(22)25(30)31)16-4-2-1-3-5-16;/h1-15,28H,(H,27,29)(H,30,31);/q;+1/p-1. The fourth-order valence-corrected chi connectivity index (χ4v) is 3.27. The number of aromatic hydroxyl groups is 1. The van der Waals surface area contributed by atoms with E-state index in [1.807, 2.05) is 30.3 Å². The summed E-state index contributed by atoms with van der Waals surface area (Å²) in [5, 5.41) is 24.5. The van der Waals surface area contributed by atoms with Crippen LogP contribution in [0, 0.1) is 0 Å². The fourth-order valence-electron chi connectivity index (χ4n) is 3.27. The summed E-state index contributed by atoms with van der Waals surface area (Å²) in [5.41, 5.74) is 3.12. The van der Waals surface area contributed by atoms with Crippen LogP contribution in [0.3, 0.4) is 0 Å². The molecule has 0 saturated carbocycles. The Labute approximate surface area is 206 Å². The number of hydrogen-bond acceptors (Lipinski definition) is 5. The molecule has 0 aliphatic rings. The predicted octanol–water partition coefficient (Wildman–Crippen LogP) is 0.741. The van der Waals surface area contributed by atoms with Crippen LogP contribution < -0.4 is 40.0 Å². The molecule has 32 heavy (non-hydrogen) atoms. The number of carboxylic acid groups (broad SMARTS) is 1. The molecule has 0 fully saturated rings. The van der Waals surface area contributed by atoms with Gasteiger partial charge < -0.3 is 20.3 Å². The average Bonchev–Trinajstić information content (AvgIpc) is 2.80. The number of amides is 1. The van der Waals surface area contributed by atoms with Crippen molar-refractivity contribution in [2.75, 3.05) is 5.32 Å². The van der Waals surface area contributed by atoms with Crippen molar-refractivity contribution in [1.29, 1.82) is 0 Å². The number of nitrogens with one attached hydrogen (secondary N) is 1. The van der Waals surface area contributed by atoms with E-state index in [2.05, 4.69) is 10.3 Å². The van der Waals surface area contributed by atoms with E-state index in [0.29, 0.717) is 0 Å². The number of phenols is 1. The Morgan fingerprint density at radius 1 is 0.750 bits per heavy atom. The first-order chi connectivity index (χ1) is 15.0. The molecule has 0 unspecified atom stereocenters. The molecule has 0 bridgehead atoms. The first kappa shape index (κ1) is 23.2. The van der Waals surface area contributed by atoms with Crippen LogP contribution in [0.5, 0.6) is 5.75 Å². The van der Waals surface area contributed by atoms with Gasteiger partial charge in [-0.25, -0.2) is 0 Å². The minimum atomic E-state index is -1.41. The number of benzene rings is 3. The van der Waals surface area contributed by atoms with E-state index < -0.39 is 11.9 Å². The number of phenolic OH excluding ortho intramolecular Hbond substituents is 1. The Morgan fingerprint density at radius 2 is 1.34 bits per heavy atom. The van der Waals surface area contributed by atoms with Crippen LogP contribution in [0.15, 0.2) is 91.3 Å². The fraction of sp³-hybridized carbons (Fsp3) is 0. The first-order valence-electron chi connectivity index (χ1n) is 9.48. The van der Waals surface area contributed by atoms with Crippen molar-refractivity contribution in [3.05, 3.63) is 102 Å². The number of aromatic nitrogens is 1. The molecule has 4 rings (SSSR count). The minimum absolute atomic E-state index is 0. The van der Waals surface area contributed by atoms with Crippen LogP contribution in [-0.4, -0.2) is 22.0 Å². The number of hydrogen-bond donors (Lipinski definition) is 2. The van der Waals surface area contributed by atoms with E-state index in [1.165, 1.54) is 18.2 Å². The predicted molar refractivity (Wildman–Crippen MR) is 115 cm³/mol. The molecule has 0 radical (unpaired) electrons. The van der Waals surface area contributed by atoms with Gasteiger partial charge in [0.2, 0.25) is 0 Å². The van der Waals surface area contributed by atoms with Crippen LogP contribution in [0.4, 0.5) is 5.69 Å². The SMILES string of the molecule is O=C(Nc1cc(-c2ccccc2)ccc1C(=O)[O-])c1ccc(-c2ccncc2)cc1O.[Na+]. The molecule has 0 spiro atoms. The smallest absolute Gasteiger partial charge is 0.545 e. The van der Waals surface area contributed by atoms with Crippen molar-refractivity contribution >= 4 is 17.6 Å². The summed E-state index contributed by atoms with van der Waals surface area (Å²) < 4.78 is 0. The number of rotatable bonds is 5. The largest absolute Gasteiger partial charge is 1.00 e. The molecule has 0 aliphatic carbocycles. The maximum atomic E-state index is 12.8. The van der Waals surface area contributed by atoms with Crippen molar-refractivity contribution in [1.82, 2.24) is 4.98 Å². The molecule has 4 aromatic rings. The van der Waals surface area contributed by atoms with Crippen LogP contribution in [0.1, 0.15) is 20.7 Å². The van der Waals surface area contributed by atoms with E-state index in [-0.39, 0.29) is 52.1 Å². The summed E-state index contributed by atoms with van der Waals surface area (Å²) in [6, 6.07) is 22.2. The van der Waals surface area contributed by atoms with Crippen LogP contribution >= 0.6 is 0 Å². The molecule has 3 aromatic carbocycles. The van der Waals surface area contributed by atoms with E-state index in [4.69, 9.17) is 0 Å². The molecule has 1 aromatic heterocycles. The van der Waals surface area contributed by atoms with Crippen molar-refractivity contribution in [2.24, 2.45) is 0 Å². The van der Waals surface area contributed by atoms with Crippen LogP contribution in [-0.2, 0) is 0 Å². The van der Waals surface area contributed by atoms with Gasteiger partial charge in [0.25, 0.3) is 5.91 Å². The molecule has 0 saturated heterocycles. The topological polar surface area (TPSA) is 102 Å². The number of carbonyl (C=O) groups is 2. The molecule has 2 N–H and O–H groups in total. The molecular formula is C25H17N2NaO4. The Balaban J connectivity index is 0.00000289. The van der Waals surface area contributed by atoms with Crippen molar-refractivity contribution in [3.8, 4) is 28.0 Å². The molecule has 0 aliphatic heterocycles. The monoisotopic (exact) mass is 432 g/mol. The van der Waals surface area contributed by atoms with Crippen molar-refractivity contribution < 1.29 is 49.4 Å². The number of carbonyl (C=O) groups excluding carboxylic acids is 2. The van der Waals surface area contributed by atoms with E-state index in [1.54, 1.807) is 42.7 Å². The number of nitrogens with zero attached hydrogens (tertiary/aromatic N) is 1.